The molecule has 1 atom stereocenters. The number of benzene rings is 1. The molecule has 0 bridgehead atoms. The number of halogens is 2. The zero-order valence-corrected chi connectivity index (χ0v) is 9.88. The molecule has 1 aromatic heterocycles. The van der Waals surface area contributed by atoms with E-state index in [4.69, 9.17) is 0 Å². The maximum atomic E-state index is 13.6. The quantitative estimate of drug-likeness (QED) is 0.922. The summed E-state index contributed by atoms with van der Waals surface area (Å²) in [6.45, 7) is 0. The van der Waals surface area contributed by atoms with Gasteiger partial charge in [-0.2, -0.15) is 0 Å². The third-order valence-electron chi connectivity index (χ3n) is 2.81. The molecule has 3 nitrogen and oxygen atoms in total. The molecule has 19 heavy (non-hydrogen) atoms. The summed E-state index contributed by atoms with van der Waals surface area (Å²) in [7, 11) is 0. The van der Waals surface area contributed by atoms with E-state index in [1.165, 1.54) is 12.3 Å². The summed E-state index contributed by atoms with van der Waals surface area (Å²) in [5.74, 6) is -4.24. The summed E-state index contributed by atoms with van der Waals surface area (Å²) < 4.78 is 27.3. The molecule has 2 rings (SSSR count). The first-order valence-electron chi connectivity index (χ1n) is 5.65. The highest BCUT2D eigenvalue weighted by molar-refractivity contribution is 5.76. The van der Waals surface area contributed by atoms with Crippen LogP contribution in [0.15, 0.2) is 42.7 Å². The minimum atomic E-state index is -1.27. The number of carboxylic acids is 1. The second-order valence-corrected chi connectivity index (χ2v) is 4.09. The Kier molecular flexibility index (Phi) is 3.85. The van der Waals surface area contributed by atoms with Crippen molar-refractivity contribution in [2.75, 3.05) is 0 Å². The van der Waals surface area contributed by atoms with Crippen LogP contribution in [0.1, 0.15) is 17.0 Å². The zero-order chi connectivity index (χ0) is 13.8. The van der Waals surface area contributed by atoms with Crippen LogP contribution in [0.3, 0.4) is 0 Å². The molecule has 0 amide bonds. The molecule has 1 N–H and O–H groups in total. The van der Waals surface area contributed by atoms with Crippen LogP contribution in [0.25, 0.3) is 0 Å². The first-order valence-corrected chi connectivity index (χ1v) is 5.65. The van der Waals surface area contributed by atoms with Crippen molar-refractivity contribution in [2.45, 2.75) is 12.3 Å². The van der Waals surface area contributed by atoms with Gasteiger partial charge in [-0.05, 0) is 30.2 Å². The van der Waals surface area contributed by atoms with Gasteiger partial charge in [0.1, 0.15) is 11.6 Å². The summed E-state index contributed by atoms with van der Waals surface area (Å²) in [5.41, 5.74) is 0.191. The Bertz CT molecular complexity index is 567. The van der Waals surface area contributed by atoms with E-state index in [2.05, 4.69) is 4.98 Å². The van der Waals surface area contributed by atoms with Gasteiger partial charge in [0.2, 0.25) is 0 Å². The second-order valence-electron chi connectivity index (χ2n) is 4.09. The molecule has 0 aliphatic rings. The summed E-state index contributed by atoms with van der Waals surface area (Å²) >= 11 is 0. The Hall–Kier alpha value is -2.30. The fourth-order valence-electron chi connectivity index (χ4n) is 1.91. The van der Waals surface area contributed by atoms with Crippen LogP contribution in [-0.2, 0) is 11.2 Å². The molecule has 1 unspecified atom stereocenters. The van der Waals surface area contributed by atoms with Crippen molar-refractivity contribution in [3.63, 3.8) is 0 Å². The number of carboxylic acid groups (broad SMARTS) is 1. The Morgan fingerprint density at radius 3 is 2.42 bits per heavy atom. The highest BCUT2D eigenvalue weighted by atomic mass is 19.1. The van der Waals surface area contributed by atoms with Gasteiger partial charge < -0.3 is 5.11 Å². The molecule has 98 valence electrons. The smallest absolute Gasteiger partial charge is 0.311 e. The molecule has 0 aliphatic heterocycles. The molecule has 0 fully saturated rings. The van der Waals surface area contributed by atoms with Crippen molar-refractivity contribution in [2.24, 2.45) is 0 Å². The van der Waals surface area contributed by atoms with Gasteiger partial charge in [-0.3, -0.25) is 9.78 Å². The van der Waals surface area contributed by atoms with Gasteiger partial charge in [0.05, 0.1) is 5.92 Å². The third kappa shape index (κ3) is 2.93. The van der Waals surface area contributed by atoms with Gasteiger partial charge in [-0.1, -0.05) is 12.1 Å². The second kappa shape index (κ2) is 5.56. The first-order chi connectivity index (χ1) is 9.09. The number of hydrogen-bond donors (Lipinski definition) is 1. The Morgan fingerprint density at radius 1 is 1.21 bits per heavy atom. The molecule has 5 heteroatoms. The van der Waals surface area contributed by atoms with Crippen molar-refractivity contribution in [3.05, 3.63) is 65.5 Å². The normalized spacial score (nSPS) is 12.1. The molecule has 2 aromatic rings. The number of aromatic nitrogens is 1. The van der Waals surface area contributed by atoms with E-state index in [0.29, 0.717) is 5.56 Å². The van der Waals surface area contributed by atoms with Crippen LogP contribution in [0, 0.1) is 11.6 Å². The SMILES string of the molecule is O=C(O)C(Cc1cccnc1)c1c(F)cccc1F. The predicted octanol–water partition coefficient (Wildman–Crippen LogP) is 2.77. The van der Waals surface area contributed by atoms with Gasteiger partial charge in [0.25, 0.3) is 0 Å². The number of aliphatic carboxylic acids is 1. The first kappa shape index (κ1) is 13.1. The molecule has 1 heterocycles. The largest absolute Gasteiger partial charge is 0.481 e. The number of nitrogens with zero attached hydrogens (tertiary/aromatic N) is 1. The minimum Gasteiger partial charge on any atom is -0.481 e. The average molecular weight is 263 g/mol. The van der Waals surface area contributed by atoms with Crippen LogP contribution in [0.2, 0.25) is 0 Å². The fourth-order valence-corrected chi connectivity index (χ4v) is 1.91. The number of pyridine rings is 1. The van der Waals surface area contributed by atoms with Gasteiger partial charge >= 0.3 is 5.97 Å². The lowest BCUT2D eigenvalue weighted by atomic mass is 9.92. The van der Waals surface area contributed by atoms with Crippen LogP contribution in [0.4, 0.5) is 8.78 Å². The van der Waals surface area contributed by atoms with Gasteiger partial charge in [0.15, 0.2) is 0 Å². The molecule has 1 aromatic carbocycles. The predicted molar refractivity (Wildman–Crippen MR) is 64.7 cm³/mol. The summed E-state index contributed by atoms with van der Waals surface area (Å²) in [4.78, 5) is 15.1. The van der Waals surface area contributed by atoms with E-state index < -0.39 is 29.1 Å². The van der Waals surface area contributed by atoms with Gasteiger partial charge in [-0.25, -0.2) is 8.78 Å². The topological polar surface area (TPSA) is 50.2 Å². The van der Waals surface area contributed by atoms with Crippen molar-refractivity contribution < 1.29 is 18.7 Å². The molecule has 0 spiro atoms. The molecule has 0 aliphatic carbocycles. The lowest BCUT2D eigenvalue weighted by Gasteiger charge is -2.14. The van der Waals surface area contributed by atoms with Crippen molar-refractivity contribution in [1.82, 2.24) is 4.98 Å². The Morgan fingerprint density at radius 2 is 1.89 bits per heavy atom. The zero-order valence-electron chi connectivity index (χ0n) is 9.88. The van der Waals surface area contributed by atoms with E-state index in [0.717, 1.165) is 12.1 Å². The maximum Gasteiger partial charge on any atom is 0.311 e. The summed E-state index contributed by atoms with van der Waals surface area (Å²) in [6, 6.07) is 6.62. The molecule has 0 radical (unpaired) electrons. The lowest BCUT2D eigenvalue weighted by Crippen LogP contribution is -2.17. The minimum absolute atomic E-state index is 0.0129. The standard InChI is InChI=1S/C14H11F2NO2/c15-11-4-1-5-12(16)13(11)10(14(18)19)7-9-3-2-6-17-8-9/h1-6,8,10H,7H2,(H,18,19). The van der Waals surface area contributed by atoms with E-state index in [1.807, 2.05) is 0 Å². The highest BCUT2D eigenvalue weighted by Gasteiger charge is 2.26. The Balaban J connectivity index is 2.39. The average Bonchev–Trinajstić information content (AvgIpc) is 2.38. The lowest BCUT2D eigenvalue weighted by molar-refractivity contribution is -0.138. The van der Waals surface area contributed by atoms with E-state index >= 15 is 0 Å². The van der Waals surface area contributed by atoms with Crippen molar-refractivity contribution in [3.8, 4) is 0 Å². The molecular formula is C14H11F2NO2. The third-order valence-corrected chi connectivity index (χ3v) is 2.81. The van der Waals surface area contributed by atoms with Gasteiger partial charge in [0, 0.05) is 18.0 Å². The van der Waals surface area contributed by atoms with Crippen LogP contribution >= 0.6 is 0 Å². The Labute approximate surface area is 108 Å². The van der Waals surface area contributed by atoms with E-state index in [9.17, 15) is 18.7 Å². The number of hydrogen-bond acceptors (Lipinski definition) is 2. The maximum absolute atomic E-state index is 13.6. The van der Waals surface area contributed by atoms with Crippen molar-refractivity contribution in [1.29, 1.82) is 0 Å². The number of rotatable bonds is 4. The van der Waals surface area contributed by atoms with Gasteiger partial charge in [-0.15, -0.1) is 0 Å². The molecule has 0 saturated carbocycles. The summed E-state index contributed by atoms with van der Waals surface area (Å²) in [6.07, 6.45) is 3.01. The van der Waals surface area contributed by atoms with E-state index in [-0.39, 0.29) is 6.42 Å². The molecule has 0 saturated heterocycles. The van der Waals surface area contributed by atoms with Crippen molar-refractivity contribution >= 4 is 5.97 Å². The molecular weight excluding hydrogens is 252 g/mol. The monoisotopic (exact) mass is 263 g/mol. The van der Waals surface area contributed by atoms with Crippen LogP contribution < -0.4 is 0 Å². The number of carbonyl (C=O) groups is 1. The summed E-state index contributed by atoms with van der Waals surface area (Å²) in [5, 5.41) is 9.18. The highest BCUT2D eigenvalue weighted by Crippen LogP contribution is 2.26. The van der Waals surface area contributed by atoms with Crippen LogP contribution in [-0.4, -0.2) is 16.1 Å². The fraction of sp³-hybridized carbons (Fsp3) is 0.143. The van der Waals surface area contributed by atoms with E-state index in [1.54, 1.807) is 18.3 Å². The van der Waals surface area contributed by atoms with Crippen LogP contribution in [0.5, 0.6) is 0 Å².